The summed E-state index contributed by atoms with van der Waals surface area (Å²) >= 11 is 0. The molecule has 0 spiro atoms. The summed E-state index contributed by atoms with van der Waals surface area (Å²) in [6.45, 7) is 6.67. The second kappa shape index (κ2) is 13.4. The van der Waals surface area contributed by atoms with E-state index in [0.29, 0.717) is 30.5 Å². The molecule has 8 heteroatoms. The van der Waals surface area contributed by atoms with E-state index in [-0.39, 0.29) is 13.1 Å². The smallest absolute Gasteiger partial charge is 0.415 e. The zero-order valence-corrected chi connectivity index (χ0v) is 22.7. The average Bonchev–Trinajstić information content (AvgIpc) is 2.89. The summed E-state index contributed by atoms with van der Waals surface area (Å²) in [5.74, 6) is 1.32. The Morgan fingerprint density at radius 1 is 0.684 bits per heavy atom. The van der Waals surface area contributed by atoms with Crippen molar-refractivity contribution >= 4 is 12.2 Å². The highest BCUT2D eigenvalue weighted by Crippen LogP contribution is 2.33. The van der Waals surface area contributed by atoms with Crippen molar-refractivity contribution < 1.29 is 28.5 Å². The number of amides is 2. The summed E-state index contributed by atoms with van der Waals surface area (Å²) in [7, 11) is 3.23. The van der Waals surface area contributed by atoms with Crippen molar-refractivity contribution in [2.75, 3.05) is 27.2 Å². The fourth-order valence-corrected chi connectivity index (χ4v) is 3.26. The molecule has 0 aliphatic rings. The minimum absolute atomic E-state index is 0.268. The van der Waals surface area contributed by atoms with E-state index in [2.05, 4.69) is 0 Å². The van der Waals surface area contributed by atoms with Crippen LogP contribution in [0.3, 0.4) is 0 Å². The number of rotatable bonds is 10. The number of benzene rings is 3. The molecule has 0 aromatic heterocycles. The SMILES string of the molecule is CN(CCN(C)C(=O)OC(C)(C)C)C(=O)Oc1ccc(OCc2ccccc2)c(OCc2ccccc2)c1. The van der Waals surface area contributed by atoms with Gasteiger partial charge in [0.15, 0.2) is 11.5 Å². The van der Waals surface area contributed by atoms with Gasteiger partial charge in [-0.05, 0) is 44.0 Å². The van der Waals surface area contributed by atoms with Crippen LogP contribution in [0.2, 0.25) is 0 Å². The van der Waals surface area contributed by atoms with Crippen LogP contribution in [0.25, 0.3) is 0 Å². The van der Waals surface area contributed by atoms with Crippen LogP contribution in [0.1, 0.15) is 31.9 Å². The molecular formula is C30H36N2O6. The van der Waals surface area contributed by atoms with Gasteiger partial charge in [-0.1, -0.05) is 60.7 Å². The Kier molecular flexibility index (Phi) is 9.99. The molecule has 202 valence electrons. The summed E-state index contributed by atoms with van der Waals surface area (Å²) in [6, 6.07) is 24.6. The van der Waals surface area contributed by atoms with Gasteiger partial charge in [0.2, 0.25) is 0 Å². The van der Waals surface area contributed by atoms with Gasteiger partial charge in [-0.25, -0.2) is 9.59 Å². The van der Waals surface area contributed by atoms with E-state index in [1.54, 1.807) is 53.1 Å². The zero-order valence-electron chi connectivity index (χ0n) is 22.7. The first-order valence-electron chi connectivity index (χ1n) is 12.5. The molecule has 0 saturated carbocycles. The Balaban J connectivity index is 1.63. The lowest BCUT2D eigenvalue weighted by atomic mass is 10.2. The van der Waals surface area contributed by atoms with Crippen molar-refractivity contribution in [1.29, 1.82) is 0 Å². The minimum Gasteiger partial charge on any atom is -0.485 e. The number of carbonyl (C=O) groups is 2. The molecule has 3 rings (SSSR count). The van der Waals surface area contributed by atoms with Gasteiger partial charge in [0.05, 0.1) is 0 Å². The minimum atomic E-state index is -0.590. The summed E-state index contributed by atoms with van der Waals surface area (Å²) in [6.07, 6.45) is -1.01. The molecule has 0 atom stereocenters. The van der Waals surface area contributed by atoms with E-state index in [9.17, 15) is 9.59 Å². The number of hydrogen-bond donors (Lipinski definition) is 0. The zero-order chi connectivity index (χ0) is 27.5. The summed E-state index contributed by atoms with van der Waals surface area (Å²) in [5, 5.41) is 0. The first kappa shape index (κ1) is 28.4. The van der Waals surface area contributed by atoms with Crippen LogP contribution < -0.4 is 14.2 Å². The average molecular weight is 521 g/mol. The third-order valence-corrected chi connectivity index (χ3v) is 5.38. The molecule has 0 radical (unpaired) electrons. The van der Waals surface area contributed by atoms with Crippen LogP contribution in [-0.4, -0.2) is 54.8 Å². The molecule has 38 heavy (non-hydrogen) atoms. The Bertz CT molecular complexity index is 1180. The number of likely N-dealkylation sites (N-methyl/N-ethyl adjacent to an activating group) is 2. The van der Waals surface area contributed by atoms with Gasteiger partial charge in [0.25, 0.3) is 0 Å². The summed E-state index contributed by atoms with van der Waals surface area (Å²) in [4.78, 5) is 27.7. The molecule has 0 N–H and O–H groups in total. The second-order valence-electron chi connectivity index (χ2n) is 9.85. The van der Waals surface area contributed by atoms with E-state index in [1.165, 1.54) is 9.80 Å². The van der Waals surface area contributed by atoms with Gasteiger partial charge in [-0.2, -0.15) is 0 Å². The third-order valence-electron chi connectivity index (χ3n) is 5.38. The lowest BCUT2D eigenvalue weighted by Crippen LogP contribution is -2.40. The maximum Gasteiger partial charge on any atom is 0.415 e. The molecule has 0 heterocycles. The number of ether oxygens (including phenoxy) is 4. The topological polar surface area (TPSA) is 77.5 Å². The van der Waals surface area contributed by atoms with Crippen molar-refractivity contribution in [3.8, 4) is 17.2 Å². The fourth-order valence-electron chi connectivity index (χ4n) is 3.26. The van der Waals surface area contributed by atoms with Crippen LogP contribution >= 0.6 is 0 Å². The molecule has 8 nitrogen and oxygen atoms in total. The molecule has 0 fully saturated rings. The number of nitrogens with zero attached hydrogens (tertiary/aromatic N) is 2. The number of hydrogen-bond acceptors (Lipinski definition) is 6. The van der Waals surface area contributed by atoms with Gasteiger partial charge in [0.1, 0.15) is 24.6 Å². The van der Waals surface area contributed by atoms with Crippen LogP contribution in [0, 0.1) is 0 Å². The van der Waals surface area contributed by atoms with Crippen LogP contribution in [0.15, 0.2) is 78.9 Å². The molecule has 0 aliphatic heterocycles. The maximum absolute atomic E-state index is 12.7. The predicted octanol–water partition coefficient (Wildman–Crippen LogP) is 6.14. The lowest BCUT2D eigenvalue weighted by Gasteiger charge is -2.26. The first-order valence-corrected chi connectivity index (χ1v) is 12.5. The third kappa shape index (κ3) is 9.35. The van der Waals surface area contributed by atoms with Crippen molar-refractivity contribution in [2.45, 2.75) is 39.6 Å². The molecule has 2 amide bonds. The van der Waals surface area contributed by atoms with Crippen LogP contribution in [0.5, 0.6) is 17.2 Å². The first-order chi connectivity index (χ1) is 18.1. The van der Waals surface area contributed by atoms with Crippen LogP contribution in [0.4, 0.5) is 9.59 Å². The molecule has 3 aromatic carbocycles. The van der Waals surface area contributed by atoms with Crippen molar-refractivity contribution in [3.63, 3.8) is 0 Å². The van der Waals surface area contributed by atoms with E-state index in [0.717, 1.165) is 11.1 Å². The van der Waals surface area contributed by atoms with E-state index in [1.807, 2.05) is 60.7 Å². The molecule has 0 aliphatic carbocycles. The Hall–Kier alpha value is -4.20. The summed E-state index contributed by atoms with van der Waals surface area (Å²) in [5.41, 5.74) is 1.43. The lowest BCUT2D eigenvalue weighted by molar-refractivity contribution is 0.0287. The molecule has 0 bridgehead atoms. The Morgan fingerprint density at radius 2 is 1.18 bits per heavy atom. The monoisotopic (exact) mass is 520 g/mol. The van der Waals surface area contributed by atoms with Gasteiger partial charge >= 0.3 is 12.2 Å². The Labute approximate surface area is 224 Å². The quantitative estimate of drug-likeness (QED) is 0.319. The molecule has 0 saturated heterocycles. The largest absolute Gasteiger partial charge is 0.485 e. The van der Waals surface area contributed by atoms with Gasteiger partial charge in [0, 0.05) is 33.3 Å². The van der Waals surface area contributed by atoms with Crippen molar-refractivity contribution in [2.24, 2.45) is 0 Å². The molecule has 0 unspecified atom stereocenters. The van der Waals surface area contributed by atoms with E-state index >= 15 is 0 Å². The summed E-state index contributed by atoms with van der Waals surface area (Å²) < 4.78 is 23.0. The highest BCUT2D eigenvalue weighted by molar-refractivity contribution is 5.71. The fraction of sp³-hybridized carbons (Fsp3) is 0.333. The van der Waals surface area contributed by atoms with Gasteiger partial charge < -0.3 is 28.7 Å². The Morgan fingerprint density at radius 3 is 1.71 bits per heavy atom. The molecular weight excluding hydrogens is 484 g/mol. The highest BCUT2D eigenvalue weighted by Gasteiger charge is 2.21. The predicted molar refractivity (Wildman–Crippen MR) is 146 cm³/mol. The van der Waals surface area contributed by atoms with E-state index in [4.69, 9.17) is 18.9 Å². The second-order valence-corrected chi connectivity index (χ2v) is 9.85. The standard InChI is InChI=1S/C30H36N2O6/c1-30(2,3)38-29(34)32(5)19-18-31(4)28(33)37-25-16-17-26(35-21-23-12-8-6-9-13-23)27(20-25)36-22-24-14-10-7-11-15-24/h6-17,20H,18-19,21-22H2,1-5H3. The van der Waals surface area contributed by atoms with Gasteiger partial charge in [-0.15, -0.1) is 0 Å². The maximum atomic E-state index is 12.7. The van der Waals surface area contributed by atoms with Crippen LogP contribution in [-0.2, 0) is 18.0 Å². The normalized spacial score (nSPS) is 10.9. The number of carbonyl (C=O) groups excluding carboxylic acids is 2. The van der Waals surface area contributed by atoms with Crippen molar-refractivity contribution in [1.82, 2.24) is 9.80 Å². The highest BCUT2D eigenvalue weighted by atomic mass is 16.6. The molecule has 3 aromatic rings. The van der Waals surface area contributed by atoms with Crippen molar-refractivity contribution in [3.05, 3.63) is 90.0 Å². The van der Waals surface area contributed by atoms with Gasteiger partial charge in [-0.3, -0.25) is 0 Å². The van der Waals surface area contributed by atoms with E-state index < -0.39 is 17.8 Å².